The Morgan fingerprint density at radius 1 is 1.29 bits per heavy atom. The first-order chi connectivity index (χ1) is 10.0. The summed E-state index contributed by atoms with van der Waals surface area (Å²) in [5.74, 6) is 2.49. The zero-order chi connectivity index (χ0) is 15.3. The maximum atomic E-state index is 12.2. The highest BCUT2D eigenvalue weighted by Gasteiger charge is 2.20. The standard InChI is InChI=1S/C14H15NO5S/c1-2-6-15-14(16)5-9-21(17,18)11-3-4-12-13(10-11)20-8-7-19-12/h1,3-4,10H,5-9H2,(H,15,16). The molecule has 0 saturated carbocycles. The molecule has 0 atom stereocenters. The molecule has 7 heteroatoms. The van der Waals surface area contributed by atoms with Gasteiger partial charge in [-0.25, -0.2) is 8.42 Å². The van der Waals surface area contributed by atoms with E-state index in [0.29, 0.717) is 24.7 Å². The molecule has 0 radical (unpaired) electrons. The predicted molar refractivity (Wildman–Crippen MR) is 75.9 cm³/mol. The van der Waals surface area contributed by atoms with Crippen LogP contribution in [0.25, 0.3) is 0 Å². The fourth-order valence-electron chi connectivity index (χ4n) is 1.80. The van der Waals surface area contributed by atoms with Crippen LogP contribution in [0.3, 0.4) is 0 Å². The minimum atomic E-state index is -3.56. The van der Waals surface area contributed by atoms with E-state index >= 15 is 0 Å². The van der Waals surface area contributed by atoms with Crippen molar-refractivity contribution in [3.05, 3.63) is 18.2 Å². The Hall–Kier alpha value is -2.20. The van der Waals surface area contributed by atoms with Gasteiger partial charge in [-0.3, -0.25) is 4.79 Å². The monoisotopic (exact) mass is 309 g/mol. The van der Waals surface area contributed by atoms with Gasteiger partial charge in [0.15, 0.2) is 21.3 Å². The van der Waals surface area contributed by atoms with Crippen LogP contribution in [0.4, 0.5) is 0 Å². The lowest BCUT2D eigenvalue weighted by Gasteiger charge is -2.18. The average Bonchev–Trinajstić information content (AvgIpc) is 2.50. The van der Waals surface area contributed by atoms with Crippen molar-refractivity contribution in [2.45, 2.75) is 11.3 Å². The van der Waals surface area contributed by atoms with Gasteiger partial charge < -0.3 is 14.8 Å². The molecule has 0 aromatic heterocycles. The highest BCUT2D eigenvalue weighted by molar-refractivity contribution is 7.91. The van der Waals surface area contributed by atoms with E-state index in [0.717, 1.165) is 0 Å². The Balaban J connectivity index is 2.06. The van der Waals surface area contributed by atoms with Crippen molar-refractivity contribution < 1.29 is 22.7 Å². The number of carbonyl (C=O) groups excluding carboxylic acids is 1. The topological polar surface area (TPSA) is 81.7 Å². The van der Waals surface area contributed by atoms with E-state index in [1.807, 2.05) is 0 Å². The number of carbonyl (C=O) groups is 1. The third-order valence-corrected chi connectivity index (χ3v) is 4.57. The number of benzene rings is 1. The number of hydrogen-bond acceptors (Lipinski definition) is 5. The molecule has 1 aliphatic heterocycles. The number of amides is 1. The van der Waals surface area contributed by atoms with Crippen LogP contribution in [0.15, 0.2) is 23.1 Å². The summed E-state index contributed by atoms with van der Waals surface area (Å²) in [5, 5.41) is 2.42. The lowest BCUT2D eigenvalue weighted by atomic mass is 10.3. The molecule has 0 unspecified atom stereocenters. The summed E-state index contributed by atoms with van der Waals surface area (Å²) in [6.07, 6.45) is 4.87. The van der Waals surface area contributed by atoms with E-state index in [2.05, 4.69) is 11.2 Å². The number of nitrogens with one attached hydrogen (secondary N) is 1. The van der Waals surface area contributed by atoms with Gasteiger partial charge in [-0.15, -0.1) is 6.42 Å². The maximum Gasteiger partial charge on any atom is 0.221 e. The summed E-state index contributed by atoms with van der Waals surface area (Å²) in [5.41, 5.74) is 0. The summed E-state index contributed by atoms with van der Waals surface area (Å²) in [4.78, 5) is 11.5. The van der Waals surface area contributed by atoms with Crippen molar-refractivity contribution in [2.24, 2.45) is 0 Å². The molecule has 112 valence electrons. The molecule has 6 nitrogen and oxygen atoms in total. The third kappa shape index (κ3) is 3.89. The predicted octanol–water partition coefficient (Wildman–Crippen LogP) is 0.371. The van der Waals surface area contributed by atoms with E-state index in [4.69, 9.17) is 15.9 Å². The average molecular weight is 309 g/mol. The van der Waals surface area contributed by atoms with Crippen LogP contribution in [0.2, 0.25) is 0 Å². The summed E-state index contributed by atoms with van der Waals surface area (Å²) in [6.45, 7) is 0.905. The van der Waals surface area contributed by atoms with Crippen LogP contribution in [-0.4, -0.2) is 39.8 Å². The van der Waals surface area contributed by atoms with Crippen LogP contribution in [0, 0.1) is 12.3 Å². The summed E-state index contributed by atoms with van der Waals surface area (Å²) >= 11 is 0. The van der Waals surface area contributed by atoms with Gasteiger partial charge in [0.05, 0.1) is 17.2 Å². The molecule has 1 heterocycles. The largest absolute Gasteiger partial charge is 0.486 e. The fourth-order valence-corrected chi connectivity index (χ4v) is 3.05. The van der Waals surface area contributed by atoms with Gasteiger partial charge in [-0.05, 0) is 12.1 Å². The second kappa shape index (κ2) is 6.50. The molecular formula is C14H15NO5S. The van der Waals surface area contributed by atoms with E-state index in [9.17, 15) is 13.2 Å². The first-order valence-corrected chi connectivity index (χ1v) is 8.01. The van der Waals surface area contributed by atoms with Gasteiger partial charge in [-0.2, -0.15) is 0 Å². The van der Waals surface area contributed by atoms with Crippen LogP contribution in [-0.2, 0) is 14.6 Å². The van der Waals surface area contributed by atoms with Gasteiger partial charge in [0, 0.05) is 12.5 Å². The smallest absolute Gasteiger partial charge is 0.221 e. The zero-order valence-corrected chi connectivity index (χ0v) is 12.1. The maximum absolute atomic E-state index is 12.2. The van der Waals surface area contributed by atoms with Crippen LogP contribution >= 0.6 is 0 Å². The highest BCUT2D eigenvalue weighted by Crippen LogP contribution is 2.32. The first kappa shape index (κ1) is 15.2. The molecule has 0 aliphatic carbocycles. The lowest BCUT2D eigenvalue weighted by Crippen LogP contribution is -2.25. The zero-order valence-electron chi connectivity index (χ0n) is 11.3. The first-order valence-electron chi connectivity index (χ1n) is 6.35. The number of terminal acetylenes is 1. The van der Waals surface area contributed by atoms with E-state index in [-0.39, 0.29) is 23.6 Å². The Labute approximate surface area is 123 Å². The van der Waals surface area contributed by atoms with E-state index < -0.39 is 15.7 Å². The molecule has 0 fully saturated rings. The third-order valence-electron chi connectivity index (χ3n) is 2.86. The molecule has 1 amide bonds. The number of fused-ring (bicyclic) bond motifs is 1. The summed E-state index contributed by atoms with van der Waals surface area (Å²) in [7, 11) is -3.56. The van der Waals surface area contributed by atoms with Crippen LogP contribution < -0.4 is 14.8 Å². The molecule has 2 rings (SSSR count). The van der Waals surface area contributed by atoms with E-state index in [1.165, 1.54) is 12.1 Å². The minimum absolute atomic E-state index is 0.0862. The summed E-state index contributed by atoms with van der Waals surface area (Å²) in [6, 6.07) is 4.42. The van der Waals surface area contributed by atoms with Crippen LogP contribution in [0.5, 0.6) is 11.5 Å². The minimum Gasteiger partial charge on any atom is -0.486 e. The second-order valence-electron chi connectivity index (χ2n) is 4.36. The molecule has 1 aromatic carbocycles. The number of sulfone groups is 1. The highest BCUT2D eigenvalue weighted by atomic mass is 32.2. The van der Waals surface area contributed by atoms with Crippen molar-refractivity contribution in [2.75, 3.05) is 25.5 Å². The van der Waals surface area contributed by atoms with Gasteiger partial charge in [-0.1, -0.05) is 5.92 Å². The van der Waals surface area contributed by atoms with Crippen molar-refractivity contribution in [3.63, 3.8) is 0 Å². The molecule has 21 heavy (non-hydrogen) atoms. The second-order valence-corrected chi connectivity index (χ2v) is 6.46. The summed E-state index contributed by atoms with van der Waals surface area (Å²) < 4.78 is 35.0. The fraction of sp³-hybridized carbons (Fsp3) is 0.357. The number of rotatable bonds is 5. The quantitative estimate of drug-likeness (QED) is 0.795. The van der Waals surface area contributed by atoms with Gasteiger partial charge in [0.25, 0.3) is 0 Å². The number of hydrogen-bond donors (Lipinski definition) is 1. The van der Waals surface area contributed by atoms with Crippen molar-refractivity contribution in [1.82, 2.24) is 5.32 Å². The molecule has 1 aliphatic rings. The van der Waals surface area contributed by atoms with Crippen molar-refractivity contribution in [3.8, 4) is 23.8 Å². The molecule has 0 bridgehead atoms. The SMILES string of the molecule is C#CCNC(=O)CCS(=O)(=O)c1ccc2c(c1)OCCO2. The lowest BCUT2D eigenvalue weighted by molar-refractivity contribution is -0.120. The molecule has 0 saturated heterocycles. The van der Waals surface area contributed by atoms with Crippen LogP contribution in [0.1, 0.15) is 6.42 Å². The van der Waals surface area contributed by atoms with E-state index in [1.54, 1.807) is 6.07 Å². The van der Waals surface area contributed by atoms with Crippen molar-refractivity contribution in [1.29, 1.82) is 0 Å². The van der Waals surface area contributed by atoms with Crippen molar-refractivity contribution >= 4 is 15.7 Å². The van der Waals surface area contributed by atoms with Gasteiger partial charge in [0.2, 0.25) is 5.91 Å². The molecule has 1 N–H and O–H groups in total. The normalized spacial score (nSPS) is 13.3. The molecular weight excluding hydrogens is 294 g/mol. The molecule has 1 aromatic rings. The Morgan fingerprint density at radius 3 is 2.71 bits per heavy atom. The Kier molecular flexibility index (Phi) is 4.70. The Morgan fingerprint density at radius 2 is 2.00 bits per heavy atom. The number of ether oxygens (including phenoxy) is 2. The van der Waals surface area contributed by atoms with Gasteiger partial charge >= 0.3 is 0 Å². The molecule has 0 spiro atoms. The van der Waals surface area contributed by atoms with Gasteiger partial charge in [0.1, 0.15) is 13.2 Å². The Bertz CT molecular complexity index is 675.